The van der Waals surface area contributed by atoms with Gasteiger partial charge in [-0.1, -0.05) is 16.8 Å². The van der Waals surface area contributed by atoms with Gasteiger partial charge in [-0.05, 0) is 18.2 Å². The fraction of sp³-hybridized carbons (Fsp3) is 0. The van der Waals surface area contributed by atoms with Crippen molar-refractivity contribution in [2.75, 3.05) is 5.73 Å². The molecule has 13 heavy (non-hydrogen) atoms. The van der Waals surface area contributed by atoms with Gasteiger partial charge in [0.05, 0.1) is 0 Å². The summed E-state index contributed by atoms with van der Waals surface area (Å²) in [7, 11) is 0. The molecule has 2 rings (SSSR count). The van der Waals surface area contributed by atoms with Gasteiger partial charge in [0.1, 0.15) is 0 Å². The molecule has 0 amide bonds. The number of benzene rings is 1. The number of rotatable bonds is 1. The summed E-state index contributed by atoms with van der Waals surface area (Å²) in [6.45, 7) is 0. The predicted molar refractivity (Wildman–Crippen MR) is 49.2 cm³/mol. The Bertz CT molecular complexity index is 413. The molecule has 2 N–H and O–H groups in total. The average Bonchev–Trinajstić information content (AvgIpc) is 2.61. The molecule has 66 valence electrons. The van der Waals surface area contributed by atoms with Crippen molar-refractivity contribution in [3.05, 3.63) is 29.6 Å². The van der Waals surface area contributed by atoms with Crippen LogP contribution in [0.15, 0.2) is 29.1 Å². The van der Waals surface area contributed by atoms with Crippen molar-refractivity contribution in [1.82, 2.24) is 10.1 Å². The van der Waals surface area contributed by atoms with Crippen LogP contribution in [-0.4, -0.2) is 10.1 Å². The van der Waals surface area contributed by atoms with E-state index in [2.05, 4.69) is 14.7 Å². The van der Waals surface area contributed by atoms with Crippen LogP contribution in [0.5, 0.6) is 0 Å². The number of nitrogens with two attached hydrogens (primary N) is 1. The molecule has 0 atom stereocenters. The minimum absolute atomic E-state index is 0.444. The highest BCUT2D eigenvalue weighted by atomic mass is 35.5. The summed E-state index contributed by atoms with van der Waals surface area (Å²) < 4.78 is 4.60. The molecule has 2 aromatic rings. The van der Waals surface area contributed by atoms with Crippen molar-refractivity contribution in [2.24, 2.45) is 0 Å². The van der Waals surface area contributed by atoms with Crippen LogP contribution in [-0.2, 0) is 0 Å². The van der Waals surface area contributed by atoms with Gasteiger partial charge < -0.3 is 10.3 Å². The highest BCUT2D eigenvalue weighted by Crippen LogP contribution is 2.25. The maximum Gasteiger partial charge on any atom is 0.214 e. The smallest absolute Gasteiger partial charge is 0.214 e. The fourth-order valence-electron chi connectivity index (χ4n) is 1.01. The quantitative estimate of drug-likeness (QED) is 0.707. The van der Waals surface area contributed by atoms with E-state index in [-0.39, 0.29) is 0 Å². The van der Waals surface area contributed by atoms with Gasteiger partial charge in [0.25, 0.3) is 0 Å². The van der Waals surface area contributed by atoms with E-state index >= 15 is 0 Å². The summed E-state index contributed by atoms with van der Waals surface area (Å²) in [6, 6.07) is 5.11. The van der Waals surface area contributed by atoms with Gasteiger partial charge in [-0.3, -0.25) is 0 Å². The largest absolute Gasteiger partial charge is 0.398 e. The second kappa shape index (κ2) is 3.06. The Morgan fingerprint density at radius 1 is 1.38 bits per heavy atom. The third kappa shape index (κ3) is 1.48. The monoisotopic (exact) mass is 195 g/mol. The molecule has 1 aromatic heterocycles. The van der Waals surface area contributed by atoms with E-state index in [1.807, 2.05) is 0 Å². The minimum Gasteiger partial charge on any atom is -0.398 e. The topological polar surface area (TPSA) is 64.9 Å². The third-order valence-electron chi connectivity index (χ3n) is 1.62. The van der Waals surface area contributed by atoms with E-state index in [4.69, 9.17) is 17.3 Å². The summed E-state index contributed by atoms with van der Waals surface area (Å²) in [5.41, 5.74) is 6.96. The summed E-state index contributed by atoms with van der Waals surface area (Å²) in [4.78, 5) is 3.87. The summed E-state index contributed by atoms with van der Waals surface area (Å²) in [5.74, 6) is 0.444. The highest BCUT2D eigenvalue weighted by molar-refractivity contribution is 6.31. The van der Waals surface area contributed by atoms with Crippen molar-refractivity contribution < 1.29 is 4.52 Å². The zero-order valence-corrected chi connectivity index (χ0v) is 7.32. The first-order valence-electron chi connectivity index (χ1n) is 3.59. The lowest BCUT2D eigenvalue weighted by Gasteiger charge is -2.00. The number of nitrogens with zero attached hydrogens (tertiary/aromatic N) is 2. The molecule has 0 spiro atoms. The van der Waals surface area contributed by atoms with Crippen LogP contribution in [0.1, 0.15) is 0 Å². The Kier molecular flexibility index (Phi) is 1.90. The lowest BCUT2D eigenvalue weighted by molar-refractivity contribution is 0.419. The van der Waals surface area contributed by atoms with E-state index in [0.717, 1.165) is 0 Å². The SMILES string of the molecule is Nc1ccc(Cl)cc1-c1ncon1. The summed E-state index contributed by atoms with van der Waals surface area (Å²) in [5, 5.41) is 4.26. The fourth-order valence-corrected chi connectivity index (χ4v) is 1.18. The van der Waals surface area contributed by atoms with Crippen molar-refractivity contribution in [1.29, 1.82) is 0 Å². The number of hydrogen-bond acceptors (Lipinski definition) is 4. The van der Waals surface area contributed by atoms with E-state index in [9.17, 15) is 0 Å². The van der Waals surface area contributed by atoms with E-state index < -0.39 is 0 Å². The van der Waals surface area contributed by atoms with Gasteiger partial charge >= 0.3 is 0 Å². The predicted octanol–water partition coefficient (Wildman–Crippen LogP) is 1.97. The molecular weight excluding hydrogens is 190 g/mol. The van der Waals surface area contributed by atoms with Crippen LogP contribution < -0.4 is 5.73 Å². The van der Waals surface area contributed by atoms with E-state index in [1.54, 1.807) is 18.2 Å². The summed E-state index contributed by atoms with van der Waals surface area (Å²) >= 11 is 5.79. The van der Waals surface area contributed by atoms with Gasteiger partial charge in [0.15, 0.2) is 0 Å². The molecular formula is C8H6ClN3O. The first kappa shape index (κ1) is 8.07. The van der Waals surface area contributed by atoms with Gasteiger partial charge in [0.2, 0.25) is 12.2 Å². The zero-order valence-electron chi connectivity index (χ0n) is 6.57. The normalized spacial score (nSPS) is 10.2. The number of halogens is 1. The number of aromatic nitrogens is 2. The van der Waals surface area contributed by atoms with Gasteiger partial charge in [0, 0.05) is 16.3 Å². The van der Waals surface area contributed by atoms with Crippen molar-refractivity contribution in [3.8, 4) is 11.4 Å². The van der Waals surface area contributed by atoms with E-state index in [1.165, 1.54) is 6.39 Å². The van der Waals surface area contributed by atoms with Crippen molar-refractivity contribution in [3.63, 3.8) is 0 Å². The minimum atomic E-state index is 0.444. The molecule has 5 heteroatoms. The number of hydrogen-bond donors (Lipinski definition) is 1. The van der Waals surface area contributed by atoms with Crippen molar-refractivity contribution >= 4 is 17.3 Å². The molecule has 4 nitrogen and oxygen atoms in total. The molecule has 0 aliphatic carbocycles. The number of nitrogen functional groups attached to an aromatic ring is 1. The second-order valence-corrected chi connectivity index (χ2v) is 2.92. The first-order valence-corrected chi connectivity index (χ1v) is 3.97. The average molecular weight is 196 g/mol. The maximum atomic E-state index is 5.79. The molecule has 0 unspecified atom stereocenters. The molecule has 0 aliphatic heterocycles. The molecule has 0 radical (unpaired) electrons. The molecule has 1 aromatic carbocycles. The Balaban J connectivity index is 2.57. The zero-order chi connectivity index (χ0) is 9.26. The molecule has 0 saturated heterocycles. The second-order valence-electron chi connectivity index (χ2n) is 2.49. The Labute approximate surface area is 79.3 Å². The van der Waals surface area contributed by atoms with Gasteiger partial charge in [-0.25, -0.2) is 0 Å². The van der Waals surface area contributed by atoms with Crippen LogP contribution in [0, 0.1) is 0 Å². The third-order valence-corrected chi connectivity index (χ3v) is 1.85. The summed E-state index contributed by atoms with van der Waals surface area (Å²) in [6.07, 6.45) is 1.25. The van der Waals surface area contributed by atoms with Crippen molar-refractivity contribution in [2.45, 2.75) is 0 Å². The van der Waals surface area contributed by atoms with Gasteiger partial charge in [-0.15, -0.1) is 0 Å². The molecule has 0 bridgehead atoms. The van der Waals surface area contributed by atoms with Crippen LogP contribution in [0.4, 0.5) is 5.69 Å². The van der Waals surface area contributed by atoms with Crippen LogP contribution >= 0.6 is 11.6 Å². The first-order chi connectivity index (χ1) is 6.27. The Hall–Kier alpha value is -1.55. The van der Waals surface area contributed by atoms with E-state index in [0.29, 0.717) is 22.1 Å². The maximum absolute atomic E-state index is 5.79. The molecule has 0 saturated carbocycles. The van der Waals surface area contributed by atoms with Gasteiger partial charge in [-0.2, -0.15) is 4.98 Å². The standard InChI is InChI=1S/C8H6ClN3O/c9-5-1-2-7(10)6(3-5)8-11-4-13-12-8/h1-4H,10H2. The molecule has 0 fully saturated rings. The number of anilines is 1. The Morgan fingerprint density at radius 3 is 2.92 bits per heavy atom. The lowest BCUT2D eigenvalue weighted by Crippen LogP contribution is -1.90. The molecule has 1 heterocycles. The highest BCUT2D eigenvalue weighted by Gasteiger charge is 2.07. The lowest BCUT2D eigenvalue weighted by atomic mass is 10.2. The van der Waals surface area contributed by atoms with Crippen LogP contribution in [0.25, 0.3) is 11.4 Å². The van der Waals surface area contributed by atoms with Crippen LogP contribution in [0.2, 0.25) is 5.02 Å². The Morgan fingerprint density at radius 2 is 2.23 bits per heavy atom. The van der Waals surface area contributed by atoms with Crippen LogP contribution in [0.3, 0.4) is 0 Å². The molecule has 0 aliphatic rings.